The first-order valence-electron chi connectivity index (χ1n) is 6.27. The van der Waals surface area contributed by atoms with Gasteiger partial charge in [-0.25, -0.2) is 15.8 Å². The molecule has 7 heteroatoms. The summed E-state index contributed by atoms with van der Waals surface area (Å²) in [5.41, 5.74) is 4.87. The van der Waals surface area contributed by atoms with E-state index >= 15 is 0 Å². The molecule has 1 heterocycles. The molecule has 0 unspecified atom stereocenters. The van der Waals surface area contributed by atoms with Crippen molar-refractivity contribution in [3.63, 3.8) is 0 Å². The largest absolute Gasteiger partial charge is 0.377 e. The molecule has 1 aromatic heterocycles. The van der Waals surface area contributed by atoms with E-state index in [1.54, 1.807) is 25.3 Å². The highest BCUT2D eigenvalue weighted by atomic mass is 16.5. The molecule has 0 saturated heterocycles. The number of anilines is 3. The third-order valence-corrected chi connectivity index (χ3v) is 2.82. The second-order valence-corrected chi connectivity index (χ2v) is 4.40. The Morgan fingerprint density at radius 1 is 1.29 bits per heavy atom. The smallest absolute Gasteiger partial charge is 0.158 e. The van der Waals surface area contributed by atoms with Gasteiger partial charge in [-0.3, -0.25) is 0 Å². The van der Waals surface area contributed by atoms with Crippen LogP contribution in [-0.4, -0.2) is 17.1 Å². The van der Waals surface area contributed by atoms with Crippen LogP contribution in [0.1, 0.15) is 17.0 Å². The van der Waals surface area contributed by atoms with E-state index in [2.05, 4.69) is 26.8 Å². The SMILES string of the molecule is COCc1nc(NN)cc(Nc2cc(C#N)ccc2C)n1. The van der Waals surface area contributed by atoms with Gasteiger partial charge in [-0.2, -0.15) is 5.26 Å². The number of methoxy groups -OCH3 is 1. The number of ether oxygens (including phenoxy) is 1. The topological polar surface area (TPSA) is 109 Å². The summed E-state index contributed by atoms with van der Waals surface area (Å²) in [4.78, 5) is 8.51. The zero-order valence-corrected chi connectivity index (χ0v) is 11.8. The number of aryl methyl sites for hydroxylation is 1. The van der Waals surface area contributed by atoms with Crippen LogP contribution in [0.15, 0.2) is 24.3 Å². The number of benzene rings is 1. The molecule has 4 N–H and O–H groups in total. The van der Waals surface area contributed by atoms with Crippen LogP contribution in [0.5, 0.6) is 0 Å². The van der Waals surface area contributed by atoms with E-state index in [1.807, 2.05) is 13.0 Å². The van der Waals surface area contributed by atoms with Crippen molar-refractivity contribution in [1.29, 1.82) is 5.26 Å². The summed E-state index contributed by atoms with van der Waals surface area (Å²) in [6, 6.07) is 9.20. The Balaban J connectivity index is 2.34. The minimum atomic E-state index is 0.279. The number of nitrogen functional groups attached to an aromatic ring is 1. The van der Waals surface area contributed by atoms with Crippen molar-refractivity contribution < 1.29 is 4.74 Å². The van der Waals surface area contributed by atoms with E-state index in [-0.39, 0.29) is 6.61 Å². The van der Waals surface area contributed by atoms with E-state index in [9.17, 15) is 0 Å². The van der Waals surface area contributed by atoms with Gasteiger partial charge in [0.15, 0.2) is 5.82 Å². The number of hydrogen-bond acceptors (Lipinski definition) is 7. The number of hydrazine groups is 1. The van der Waals surface area contributed by atoms with Crippen LogP contribution in [0.25, 0.3) is 0 Å². The van der Waals surface area contributed by atoms with Crippen LogP contribution in [0.2, 0.25) is 0 Å². The number of hydrogen-bond donors (Lipinski definition) is 3. The number of rotatable bonds is 5. The Kier molecular flexibility index (Phi) is 4.66. The summed E-state index contributed by atoms with van der Waals surface area (Å²) < 4.78 is 5.03. The molecule has 0 atom stereocenters. The maximum absolute atomic E-state index is 8.97. The zero-order valence-electron chi connectivity index (χ0n) is 11.8. The summed E-state index contributed by atoms with van der Waals surface area (Å²) in [6.45, 7) is 2.23. The molecule has 0 aliphatic heterocycles. The lowest BCUT2D eigenvalue weighted by atomic mass is 10.1. The van der Waals surface area contributed by atoms with Gasteiger partial charge in [-0.05, 0) is 24.6 Å². The van der Waals surface area contributed by atoms with Crippen LogP contribution in [0.4, 0.5) is 17.3 Å². The quantitative estimate of drug-likeness (QED) is 0.567. The fourth-order valence-corrected chi connectivity index (χ4v) is 1.79. The highest BCUT2D eigenvalue weighted by Gasteiger charge is 2.06. The third-order valence-electron chi connectivity index (χ3n) is 2.82. The molecule has 0 aliphatic rings. The summed E-state index contributed by atoms with van der Waals surface area (Å²) >= 11 is 0. The number of nitrogens with zero attached hydrogens (tertiary/aromatic N) is 3. The van der Waals surface area contributed by atoms with Gasteiger partial charge < -0.3 is 15.5 Å². The molecular weight excluding hydrogens is 268 g/mol. The van der Waals surface area contributed by atoms with E-state index < -0.39 is 0 Å². The van der Waals surface area contributed by atoms with Gasteiger partial charge in [0.25, 0.3) is 0 Å². The molecule has 21 heavy (non-hydrogen) atoms. The first kappa shape index (κ1) is 14.7. The van der Waals surface area contributed by atoms with Crippen LogP contribution < -0.4 is 16.6 Å². The van der Waals surface area contributed by atoms with Crippen molar-refractivity contribution in [2.24, 2.45) is 5.84 Å². The van der Waals surface area contributed by atoms with Crippen molar-refractivity contribution in [2.75, 3.05) is 17.9 Å². The lowest BCUT2D eigenvalue weighted by Gasteiger charge is -2.11. The Bertz CT molecular complexity index is 680. The monoisotopic (exact) mass is 284 g/mol. The number of nitrogens with one attached hydrogen (secondary N) is 2. The van der Waals surface area contributed by atoms with Crippen molar-refractivity contribution in [3.05, 3.63) is 41.2 Å². The first-order valence-corrected chi connectivity index (χ1v) is 6.27. The number of aromatic nitrogens is 2. The Labute approximate surface area is 122 Å². The molecule has 0 amide bonds. The van der Waals surface area contributed by atoms with Crippen LogP contribution in [0, 0.1) is 18.3 Å². The third kappa shape index (κ3) is 3.66. The maximum atomic E-state index is 8.97. The van der Waals surface area contributed by atoms with Gasteiger partial charge in [0.05, 0.1) is 11.6 Å². The highest BCUT2D eigenvalue weighted by Crippen LogP contribution is 2.22. The van der Waals surface area contributed by atoms with E-state index in [0.717, 1.165) is 11.3 Å². The summed E-state index contributed by atoms with van der Waals surface area (Å²) in [6.07, 6.45) is 0. The van der Waals surface area contributed by atoms with Crippen LogP contribution in [0.3, 0.4) is 0 Å². The maximum Gasteiger partial charge on any atom is 0.158 e. The first-order chi connectivity index (χ1) is 10.2. The second-order valence-electron chi connectivity index (χ2n) is 4.40. The van der Waals surface area contributed by atoms with Crippen LogP contribution in [-0.2, 0) is 11.3 Å². The van der Waals surface area contributed by atoms with Gasteiger partial charge in [0.2, 0.25) is 0 Å². The Morgan fingerprint density at radius 2 is 2.05 bits per heavy atom. The molecule has 0 bridgehead atoms. The molecule has 108 valence electrons. The van der Waals surface area contributed by atoms with E-state index in [1.165, 1.54) is 0 Å². The second kappa shape index (κ2) is 6.65. The van der Waals surface area contributed by atoms with Gasteiger partial charge in [-0.15, -0.1) is 0 Å². The molecule has 0 spiro atoms. The fraction of sp³-hybridized carbons (Fsp3) is 0.214. The highest BCUT2D eigenvalue weighted by molar-refractivity contribution is 5.64. The fourth-order valence-electron chi connectivity index (χ4n) is 1.79. The van der Waals surface area contributed by atoms with Gasteiger partial charge in [0, 0.05) is 18.9 Å². The van der Waals surface area contributed by atoms with Crippen molar-refractivity contribution >= 4 is 17.3 Å². The van der Waals surface area contributed by atoms with Crippen molar-refractivity contribution in [3.8, 4) is 6.07 Å². The molecular formula is C14H16N6O. The van der Waals surface area contributed by atoms with Gasteiger partial charge in [-0.1, -0.05) is 6.07 Å². The summed E-state index contributed by atoms with van der Waals surface area (Å²) in [5, 5.41) is 12.1. The molecule has 7 nitrogen and oxygen atoms in total. The lowest BCUT2D eigenvalue weighted by molar-refractivity contribution is 0.178. The molecule has 2 aromatic rings. The normalized spacial score (nSPS) is 10.0. The Hall–Kier alpha value is -2.69. The Morgan fingerprint density at radius 3 is 2.71 bits per heavy atom. The summed E-state index contributed by atoms with van der Waals surface area (Å²) in [5.74, 6) is 6.96. The zero-order chi connectivity index (χ0) is 15.2. The predicted octanol–water partition coefficient (Wildman–Crippen LogP) is 1.83. The molecule has 2 rings (SSSR count). The number of nitriles is 1. The van der Waals surface area contributed by atoms with E-state index in [0.29, 0.717) is 23.0 Å². The van der Waals surface area contributed by atoms with E-state index in [4.69, 9.17) is 15.8 Å². The summed E-state index contributed by atoms with van der Waals surface area (Å²) in [7, 11) is 1.57. The predicted molar refractivity (Wildman–Crippen MR) is 79.7 cm³/mol. The number of nitrogens with two attached hydrogens (primary N) is 1. The van der Waals surface area contributed by atoms with Gasteiger partial charge in [0.1, 0.15) is 18.2 Å². The molecule has 0 aliphatic carbocycles. The minimum absolute atomic E-state index is 0.279. The molecule has 0 saturated carbocycles. The minimum Gasteiger partial charge on any atom is -0.377 e. The van der Waals surface area contributed by atoms with Crippen LogP contribution >= 0.6 is 0 Å². The average Bonchev–Trinajstić information content (AvgIpc) is 2.49. The standard InChI is InChI=1S/C14H16N6O/c1-9-3-4-10(7-15)5-11(9)17-12-6-13(20-16)19-14(18-12)8-21-2/h3-6H,8,16H2,1-2H3,(H2,17,18,19,20). The molecule has 0 fully saturated rings. The average molecular weight is 284 g/mol. The molecule has 1 aromatic carbocycles. The van der Waals surface area contributed by atoms with Crippen molar-refractivity contribution in [2.45, 2.75) is 13.5 Å². The van der Waals surface area contributed by atoms with Crippen molar-refractivity contribution in [1.82, 2.24) is 9.97 Å². The van der Waals surface area contributed by atoms with Gasteiger partial charge >= 0.3 is 0 Å². The molecule has 0 radical (unpaired) electrons. The lowest BCUT2D eigenvalue weighted by Crippen LogP contribution is -2.12.